The van der Waals surface area contributed by atoms with E-state index in [1.807, 2.05) is 0 Å². The normalized spacial score (nSPS) is 11.4. The van der Waals surface area contributed by atoms with Crippen molar-refractivity contribution in [1.29, 1.82) is 0 Å². The number of halogens is 3. The molecule has 0 aliphatic rings. The van der Waals surface area contributed by atoms with Crippen LogP contribution in [-0.4, -0.2) is 32.9 Å². The van der Waals surface area contributed by atoms with E-state index >= 15 is 0 Å². The van der Waals surface area contributed by atoms with Crippen molar-refractivity contribution in [3.8, 4) is 0 Å². The van der Waals surface area contributed by atoms with Gasteiger partial charge in [0.05, 0.1) is 0 Å². The van der Waals surface area contributed by atoms with Crippen molar-refractivity contribution in [1.82, 2.24) is 9.78 Å². The van der Waals surface area contributed by atoms with Crippen LogP contribution in [-0.2, 0) is 11.8 Å². The average molecular weight is 251 g/mol. The third-order valence-corrected chi connectivity index (χ3v) is 1.98. The van der Waals surface area contributed by atoms with E-state index in [1.54, 1.807) is 5.32 Å². The molecule has 0 atom stereocenters. The molecule has 0 fully saturated rings. The summed E-state index contributed by atoms with van der Waals surface area (Å²) in [4.78, 5) is 21.4. The van der Waals surface area contributed by atoms with Gasteiger partial charge in [0, 0.05) is 12.6 Å². The molecule has 0 bridgehead atoms. The zero-order chi connectivity index (χ0) is 13.4. The number of carbonyl (C=O) groups is 2. The van der Waals surface area contributed by atoms with Crippen molar-refractivity contribution >= 4 is 17.7 Å². The number of hydrogen-bond donors (Lipinski definition) is 2. The third-order valence-electron chi connectivity index (χ3n) is 1.98. The van der Waals surface area contributed by atoms with Crippen LogP contribution in [0.5, 0.6) is 0 Å². The predicted molar refractivity (Wildman–Crippen MR) is 49.6 cm³/mol. The standard InChI is InChI=1S/C8H8F3N3O3/c1-3-4(6(15)16)13-14(2)5(3)12-7(17)8(9,10)11/h1-2H3,(H,12,17)(H,15,16). The zero-order valence-corrected chi connectivity index (χ0v) is 8.79. The number of carboxylic acid groups (broad SMARTS) is 1. The van der Waals surface area contributed by atoms with E-state index in [0.717, 1.165) is 4.68 Å². The smallest absolute Gasteiger partial charge is 0.471 e. The van der Waals surface area contributed by atoms with Crippen LogP contribution >= 0.6 is 0 Å². The first kappa shape index (κ1) is 13.0. The molecule has 0 radical (unpaired) electrons. The number of aromatic carboxylic acids is 1. The molecule has 17 heavy (non-hydrogen) atoms. The Kier molecular flexibility index (Phi) is 3.12. The predicted octanol–water partition coefficient (Wildman–Crippen LogP) is 0.928. The van der Waals surface area contributed by atoms with Crippen LogP contribution in [0.4, 0.5) is 19.0 Å². The number of alkyl halides is 3. The molecule has 1 heterocycles. The second-order valence-corrected chi connectivity index (χ2v) is 3.20. The van der Waals surface area contributed by atoms with Crippen molar-refractivity contribution in [3.05, 3.63) is 11.3 Å². The Hall–Kier alpha value is -2.06. The molecule has 6 nitrogen and oxygen atoms in total. The van der Waals surface area contributed by atoms with Crippen LogP contribution in [0.3, 0.4) is 0 Å². The largest absolute Gasteiger partial charge is 0.476 e. The van der Waals surface area contributed by atoms with Crippen molar-refractivity contribution in [3.63, 3.8) is 0 Å². The Bertz CT molecular complexity index is 478. The molecule has 1 amide bonds. The molecule has 0 saturated carbocycles. The van der Waals surface area contributed by atoms with Crippen molar-refractivity contribution in [2.75, 3.05) is 5.32 Å². The number of rotatable bonds is 2. The number of hydrogen-bond acceptors (Lipinski definition) is 3. The third kappa shape index (κ3) is 2.55. The van der Waals surface area contributed by atoms with E-state index in [2.05, 4.69) is 5.10 Å². The van der Waals surface area contributed by atoms with Crippen molar-refractivity contribution in [2.24, 2.45) is 7.05 Å². The molecule has 0 unspecified atom stereocenters. The van der Waals surface area contributed by atoms with E-state index in [1.165, 1.54) is 14.0 Å². The summed E-state index contributed by atoms with van der Waals surface area (Å²) in [7, 11) is 1.23. The van der Waals surface area contributed by atoms with Gasteiger partial charge in [0.1, 0.15) is 5.82 Å². The molecule has 0 saturated heterocycles. The summed E-state index contributed by atoms with van der Waals surface area (Å²) < 4.78 is 36.9. The van der Waals surface area contributed by atoms with E-state index in [9.17, 15) is 22.8 Å². The van der Waals surface area contributed by atoms with Gasteiger partial charge in [-0.2, -0.15) is 18.3 Å². The van der Waals surface area contributed by atoms with E-state index in [4.69, 9.17) is 5.11 Å². The van der Waals surface area contributed by atoms with Crippen molar-refractivity contribution < 1.29 is 27.9 Å². The van der Waals surface area contributed by atoms with Gasteiger partial charge < -0.3 is 10.4 Å². The number of aromatic nitrogens is 2. The highest BCUT2D eigenvalue weighted by atomic mass is 19.4. The molecule has 0 aliphatic heterocycles. The molecule has 1 rings (SSSR count). The first-order valence-corrected chi connectivity index (χ1v) is 4.29. The van der Waals surface area contributed by atoms with Crippen LogP contribution in [0.2, 0.25) is 0 Å². The molecule has 1 aromatic heterocycles. The maximum Gasteiger partial charge on any atom is 0.471 e. The monoisotopic (exact) mass is 251 g/mol. The molecule has 0 aliphatic carbocycles. The zero-order valence-electron chi connectivity index (χ0n) is 8.79. The van der Waals surface area contributed by atoms with Crippen LogP contribution in [0.15, 0.2) is 0 Å². The Labute approximate surface area is 93.0 Å². The lowest BCUT2D eigenvalue weighted by molar-refractivity contribution is -0.167. The molecule has 2 N–H and O–H groups in total. The van der Waals surface area contributed by atoms with E-state index < -0.39 is 23.7 Å². The number of aryl methyl sites for hydroxylation is 1. The maximum absolute atomic E-state index is 12.0. The Morgan fingerprint density at radius 1 is 1.41 bits per heavy atom. The summed E-state index contributed by atoms with van der Waals surface area (Å²) >= 11 is 0. The molecular weight excluding hydrogens is 243 g/mol. The molecule has 0 aromatic carbocycles. The SMILES string of the molecule is Cc1c(C(=O)O)nn(C)c1NC(=O)C(F)(F)F. The van der Waals surface area contributed by atoms with Crippen LogP contribution < -0.4 is 5.32 Å². The number of nitrogens with one attached hydrogen (secondary N) is 1. The number of carbonyl (C=O) groups excluding carboxylic acids is 1. The molecule has 0 spiro atoms. The summed E-state index contributed by atoms with van der Waals surface area (Å²) in [5.74, 6) is -3.86. The van der Waals surface area contributed by atoms with Gasteiger partial charge in [-0.05, 0) is 6.92 Å². The first-order valence-electron chi connectivity index (χ1n) is 4.29. The molecule has 1 aromatic rings. The lowest BCUT2D eigenvalue weighted by atomic mass is 10.2. The Morgan fingerprint density at radius 3 is 2.29 bits per heavy atom. The minimum atomic E-state index is -5.04. The van der Waals surface area contributed by atoms with Gasteiger partial charge >= 0.3 is 18.1 Å². The average Bonchev–Trinajstić information content (AvgIpc) is 2.44. The number of anilines is 1. The summed E-state index contributed by atoms with van der Waals surface area (Å²) in [6.07, 6.45) is -5.04. The summed E-state index contributed by atoms with van der Waals surface area (Å²) in [6, 6.07) is 0. The number of carboxylic acids is 1. The highest BCUT2D eigenvalue weighted by Gasteiger charge is 2.39. The van der Waals surface area contributed by atoms with Crippen LogP contribution in [0.25, 0.3) is 0 Å². The van der Waals surface area contributed by atoms with Gasteiger partial charge in [0.25, 0.3) is 0 Å². The van der Waals surface area contributed by atoms with E-state index in [-0.39, 0.29) is 11.4 Å². The fourth-order valence-corrected chi connectivity index (χ4v) is 1.19. The van der Waals surface area contributed by atoms with Gasteiger partial charge in [-0.3, -0.25) is 9.48 Å². The second-order valence-electron chi connectivity index (χ2n) is 3.20. The first-order chi connectivity index (χ1) is 7.64. The highest BCUT2D eigenvalue weighted by Crippen LogP contribution is 2.22. The molecule has 9 heteroatoms. The van der Waals surface area contributed by atoms with Crippen molar-refractivity contribution in [2.45, 2.75) is 13.1 Å². The topological polar surface area (TPSA) is 84.2 Å². The summed E-state index contributed by atoms with van der Waals surface area (Å²) in [6.45, 7) is 1.25. The second kappa shape index (κ2) is 4.07. The highest BCUT2D eigenvalue weighted by molar-refractivity contribution is 5.97. The fourth-order valence-electron chi connectivity index (χ4n) is 1.19. The maximum atomic E-state index is 12.0. The van der Waals surface area contributed by atoms with Crippen LogP contribution in [0, 0.1) is 6.92 Å². The van der Waals surface area contributed by atoms with Gasteiger partial charge in [-0.1, -0.05) is 0 Å². The van der Waals surface area contributed by atoms with Gasteiger partial charge in [0.15, 0.2) is 5.69 Å². The minimum Gasteiger partial charge on any atom is -0.476 e. The number of nitrogens with zero attached hydrogens (tertiary/aromatic N) is 2. The minimum absolute atomic E-state index is 0.0439. The van der Waals surface area contributed by atoms with Gasteiger partial charge in [-0.15, -0.1) is 0 Å². The lowest BCUT2D eigenvalue weighted by Gasteiger charge is -2.08. The summed E-state index contributed by atoms with van der Waals surface area (Å²) in [5, 5.41) is 13.7. The fraction of sp³-hybridized carbons (Fsp3) is 0.375. The Balaban J connectivity index is 3.09. The molecule has 94 valence electrons. The molecular formula is C8H8F3N3O3. The summed E-state index contributed by atoms with van der Waals surface area (Å²) in [5.41, 5.74) is -0.456. The van der Waals surface area contributed by atoms with Crippen LogP contribution in [0.1, 0.15) is 16.1 Å². The lowest BCUT2D eigenvalue weighted by Crippen LogP contribution is -2.31. The Morgan fingerprint density at radius 2 is 1.94 bits per heavy atom. The van der Waals surface area contributed by atoms with E-state index in [0.29, 0.717) is 0 Å². The van der Waals surface area contributed by atoms with Gasteiger partial charge in [-0.25, -0.2) is 4.79 Å². The quantitative estimate of drug-likeness (QED) is 0.818. The van der Waals surface area contributed by atoms with Gasteiger partial charge in [0.2, 0.25) is 0 Å². The number of amides is 1.